The Hall–Kier alpha value is -2.09. The highest BCUT2D eigenvalue weighted by Crippen LogP contribution is 2.24. The Morgan fingerprint density at radius 2 is 1.96 bits per heavy atom. The molecule has 0 atom stereocenters. The lowest BCUT2D eigenvalue weighted by Crippen LogP contribution is -2.44. The van der Waals surface area contributed by atoms with E-state index in [0.29, 0.717) is 13.0 Å². The van der Waals surface area contributed by atoms with E-state index in [-0.39, 0.29) is 24.8 Å². The minimum atomic E-state index is 0. The van der Waals surface area contributed by atoms with Gasteiger partial charge in [0, 0.05) is 32.6 Å². The molecule has 27 heavy (non-hydrogen) atoms. The molecule has 3 heterocycles. The average molecular weight is 411 g/mol. The molecule has 0 saturated carbocycles. The van der Waals surface area contributed by atoms with E-state index in [1.807, 2.05) is 25.3 Å². The van der Waals surface area contributed by atoms with Crippen LogP contribution in [0.25, 0.3) is 11.0 Å². The lowest BCUT2D eigenvalue weighted by Gasteiger charge is -2.28. The standard InChI is InChI=1S/C18H22N6O.2ClH/c1-2-25-14-5-3-4-13(10-14)11-16-21-17-15(12-20-23-17)18(22-16)24-8-6-19-7-9-24;;/h3-5,10,12,19H,2,6-9,11H2,1H3,(H,20,21,22,23);2*1H. The van der Waals surface area contributed by atoms with Gasteiger partial charge in [0.15, 0.2) is 5.65 Å². The van der Waals surface area contributed by atoms with E-state index in [9.17, 15) is 0 Å². The molecule has 1 fully saturated rings. The largest absolute Gasteiger partial charge is 0.494 e. The van der Waals surface area contributed by atoms with Gasteiger partial charge in [-0.2, -0.15) is 5.10 Å². The van der Waals surface area contributed by atoms with Crippen LogP contribution in [0.1, 0.15) is 18.3 Å². The van der Waals surface area contributed by atoms with Gasteiger partial charge in [-0.1, -0.05) is 12.1 Å². The van der Waals surface area contributed by atoms with E-state index in [1.165, 1.54) is 0 Å². The third kappa shape index (κ3) is 4.80. The minimum Gasteiger partial charge on any atom is -0.494 e. The first-order chi connectivity index (χ1) is 12.3. The van der Waals surface area contributed by atoms with Gasteiger partial charge >= 0.3 is 0 Å². The van der Waals surface area contributed by atoms with Crippen molar-refractivity contribution >= 4 is 41.7 Å². The SMILES string of the molecule is CCOc1cccc(Cc2nc(N3CCNCC3)c3cn[nH]c3n2)c1.Cl.Cl. The predicted octanol–water partition coefficient (Wildman–Crippen LogP) is 2.60. The van der Waals surface area contributed by atoms with Gasteiger partial charge < -0.3 is 15.0 Å². The van der Waals surface area contributed by atoms with Gasteiger partial charge in [0.1, 0.15) is 17.4 Å². The number of aromatic nitrogens is 4. The summed E-state index contributed by atoms with van der Waals surface area (Å²) in [5.74, 6) is 2.64. The van der Waals surface area contributed by atoms with Crippen molar-refractivity contribution < 1.29 is 4.74 Å². The highest BCUT2D eigenvalue weighted by Gasteiger charge is 2.18. The number of aromatic amines is 1. The highest BCUT2D eigenvalue weighted by molar-refractivity contribution is 5.86. The van der Waals surface area contributed by atoms with Crippen LogP contribution in [0.5, 0.6) is 5.75 Å². The summed E-state index contributed by atoms with van der Waals surface area (Å²) in [6.07, 6.45) is 2.47. The van der Waals surface area contributed by atoms with Gasteiger partial charge in [-0.25, -0.2) is 9.97 Å². The number of rotatable bonds is 5. The lowest BCUT2D eigenvalue weighted by atomic mass is 10.1. The molecular formula is C18H24Cl2N6O. The molecule has 0 amide bonds. The first-order valence-corrected chi connectivity index (χ1v) is 8.71. The lowest BCUT2D eigenvalue weighted by molar-refractivity contribution is 0.340. The molecule has 9 heteroatoms. The maximum atomic E-state index is 5.59. The molecule has 4 rings (SSSR count). The van der Waals surface area contributed by atoms with Crippen molar-refractivity contribution in [3.05, 3.63) is 41.9 Å². The quantitative estimate of drug-likeness (QED) is 0.672. The van der Waals surface area contributed by atoms with Crippen LogP contribution in [0.3, 0.4) is 0 Å². The van der Waals surface area contributed by atoms with Gasteiger partial charge in [0.2, 0.25) is 0 Å². The zero-order valence-electron chi connectivity index (χ0n) is 15.1. The average Bonchev–Trinajstić information content (AvgIpc) is 3.11. The molecule has 0 spiro atoms. The van der Waals surface area contributed by atoms with E-state index in [0.717, 1.165) is 60.2 Å². The molecule has 3 aromatic rings. The van der Waals surface area contributed by atoms with Crippen LogP contribution in [0, 0.1) is 0 Å². The fourth-order valence-electron chi connectivity index (χ4n) is 3.16. The van der Waals surface area contributed by atoms with Crippen LogP contribution in [0.15, 0.2) is 30.5 Å². The number of anilines is 1. The number of halogens is 2. The van der Waals surface area contributed by atoms with E-state index < -0.39 is 0 Å². The number of hydrogen-bond donors (Lipinski definition) is 2. The second-order valence-electron chi connectivity index (χ2n) is 6.09. The summed E-state index contributed by atoms with van der Waals surface area (Å²) in [6, 6.07) is 8.10. The van der Waals surface area contributed by atoms with Crippen molar-refractivity contribution in [2.75, 3.05) is 37.7 Å². The maximum Gasteiger partial charge on any atom is 0.161 e. The molecule has 2 N–H and O–H groups in total. The van der Waals surface area contributed by atoms with Crippen molar-refractivity contribution in [2.45, 2.75) is 13.3 Å². The monoisotopic (exact) mass is 410 g/mol. The van der Waals surface area contributed by atoms with Crippen LogP contribution in [0.4, 0.5) is 5.82 Å². The first-order valence-electron chi connectivity index (χ1n) is 8.71. The Kier molecular flexibility index (Phi) is 7.65. The van der Waals surface area contributed by atoms with Gasteiger partial charge in [0.05, 0.1) is 18.2 Å². The molecule has 1 aliphatic heterocycles. The molecule has 0 radical (unpaired) electrons. The smallest absolute Gasteiger partial charge is 0.161 e. The number of piperazine rings is 1. The fraction of sp³-hybridized carbons (Fsp3) is 0.389. The number of benzene rings is 1. The summed E-state index contributed by atoms with van der Waals surface area (Å²) in [5.41, 5.74) is 1.93. The van der Waals surface area contributed by atoms with Gasteiger partial charge in [0.25, 0.3) is 0 Å². The van der Waals surface area contributed by atoms with Crippen LogP contribution < -0.4 is 15.0 Å². The fourth-order valence-corrected chi connectivity index (χ4v) is 3.16. The van der Waals surface area contributed by atoms with E-state index in [2.05, 4.69) is 37.5 Å². The molecule has 2 aromatic heterocycles. The van der Waals surface area contributed by atoms with Gasteiger partial charge in [-0.15, -0.1) is 24.8 Å². The normalized spacial score (nSPS) is 13.7. The number of nitrogens with one attached hydrogen (secondary N) is 2. The molecule has 1 aromatic carbocycles. The van der Waals surface area contributed by atoms with E-state index in [4.69, 9.17) is 9.72 Å². The second kappa shape index (κ2) is 9.73. The van der Waals surface area contributed by atoms with Crippen LogP contribution in [0.2, 0.25) is 0 Å². The Morgan fingerprint density at radius 3 is 2.74 bits per heavy atom. The topological polar surface area (TPSA) is 79.0 Å². The Morgan fingerprint density at radius 1 is 1.15 bits per heavy atom. The minimum absolute atomic E-state index is 0. The maximum absolute atomic E-state index is 5.59. The number of nitrogens with zero attached hydrogens (tertiary/aromatic N) is 4. The first kappa shape index (κ1) is 21.2. The van der Waals surface area contributed by atoms with Crippen molar-refractivity contribution in [1.29, 1.82) is 0 Å². The molecule has 0 bridgehead atoms. The number of H-pyrrole nitrogens is 1. The zero-order valence-corrected chi connectivity index (χ0v) is 16.8. The van der Waals surface area contributed by atoms with Crippen LogP contribution >= 0.6 is 24.8 Å². The summed E-state index contributed by atoms with van der Waals surface area (Å²) < 4.78 is 5.59. The third-order valence-corrected chi connectivity index (χ3v) is 4.32. The van der Waals surface area contributed by atoms with Crippen molar-refractivity contribution in [2.24, 2.45) is 0 Å². The number of ether oxygens (including phenoxy) is 1. The summed E-state index contributed by atoms with van der Waals surface area (Å²) in [7, 11) is 0. The van der Waals surface area contributed by atoms with Crippen molar-refractivity contribution in [3.63, 3.8) is 0 Å². The van der Waals surface area contributed by atoms with Crippen LogP contribution in [-0.2, 0) is 6.42 Å². The Labute approximate surface area is 170 Å². The predicted molar refractivity (Wildman–Crippen MR) is 112 cm³/mol. The van der Waals surface area contributed by atoms with Crippen molar-refractivity contribution in [1.82, 2.24) is 25.5 Å². The molecule has 1 saturated heterocycles. The molecule has 146 valence electrons. The Bertz CT molecular complexity index is 866. The van der Waals surface area contributed by atoms with Crippen molar-refractivity contribution in [3.8, 4) is 5.75 Å². The Balaban J connectivity index is 0.00000131. The molecule has 7 nitrogen and oxygen atoms in total. The number of fused-ring (bicyclic) bond motifs is 1. The zero-order chi connectivity index (χ0) is 17.1. The summed E-state index contributed by atoms with van der Waals surface area (Å²) in [5, 5.41) is 11.5. The molecule has 1 aliphatic rings. The molecular weight excluding hydrogens is 387 g/mol. The summed E-state index contributed by atoms with van der Waals surface area (Å²) >= 11 is 0. The van der Waals surface area contributed by atoms with Gasteiger partial charge in [-0.05, 0) is 24.6 Å². The van der Waals surface area contributed by atoms with E-state index >= 15 is 0 Å². The highest BCUT2D eigenvalue weighted by atomic mass is 35.5. The van der Waals surface area contributed by atoms with Gasteiger partial charge in [-0.3, -0.25) is 5.10 Å². The molecule has 0 unspecified atom stereocenters. The van der Waals surface area contributed by atoms with Crippen LogP contribution in [-0.4, -0.2) is 53.0 Å². The summed E-state index contributed by atoms with van der Waals surface area (Å²) in [6.45, 7) is 6.46. The number of hydrogen-bond acceptors (Lipinski definition) is 6. The van der Waals surface area contributed by atoms with E-state index in [1.54, 1.807) is 0 Å². The second-order valence-corrected chi connectivity index (χ2v) is 6.09. The molecule has 0 aliphatic carbocycles. The third-order valence-electron chi connectivity index (χ3n) is 4.32. The summed E-state index contributed by atoms with van der Waals surface area (Å²) in [4.78, 5) is 11.8.